The number of anilines is 2. The quantitative estimate of drug-likeness (QED) is 0.844. The van der Waals surface area contributed by atoms with E-state index in [0.29, 0.717) is 19.4 Å². The zero-order valence-electron chi connectivity index (χ0n) is 15.4. The predicted octanol–water partition coefficient (Wildman–Crippen LogP) is 4.44. The lowest BCUT2D eigenvalue weighted by atomic mass is 9.96. The van der Waals surface area contributed by atoms with Crippen LogP contribution >= 0.6 is 0 Å². The molecule has 1 atom stereocenters. The SMILES string of the molecule is O=C(Nc1ccc2c(c1)CCC2)[C@@H]1CCCN(c2ncccc2C(F)(F)F)C1. The number of halogens is 3. The number of rotatable bonds is 3. The molecule has 1 aromatic carbocycles. The number of pyridine rings is 1. The Labute approximate surface area is 161 Å². The zero-order chi connectivity index (χ0) is 19.7. The molecule has 0 spiro atoms. The summed E-state index contributed by atoms with van der Waals surface area (Å²) in [6.45, 7) is 0.694. The van der Waals surface area contributed by atoms with Crippen LogP contribution in [0, 0.1) is 5.92 Å². The number of hydrogen-bond acceptors (Lipinski definition) is 3. The van der Waals surface area contributed by atoms with Crippen LogP contribution < -0.4 is 10.2 Å². The summed E-state index contributed by atoms with van der Waals surface area (Å²) in [5.74, 6) is -0.609. The molecule has 0 unspecified atom stereocenters. The highest BCUT2D eigenvalue weighted by atomic mass is 19.4. The molecule has 28 heavy (non-hydrogen) atoms. The summed E-state index contributed by atoms with van der Waals surface area (Å²) < 4.78 is 39.9. The van der Waals surface area contributed by atoms with Crippen LogP contribution in [0.2, 0.25) is 0 Å². The number of nitrogens with zero attached hydrogens (tertiary/aromatic N) is 2. The normalized spacial score (nSPS) is 19.4. The van der Waals surface area contributed by atoms with Crippen molar-refractivity contribution in [3.63, 3.8) is 0 Å². The Morgan fingerprint density at radius 2 is 1.96 bits per heavy atom. The van der Waals surface area contributed by atoms with Gasteiger partial charge >= 0.3 is 6.18 Å². The Morgan fingerprint density at radius 1 is 1.14 bits per heavy atom. The minimum atomic E-state index is -4.47. The van der Waals surface area contributed by atoms with E-state index in [-0.39, 0.29) is 24.2 Å². The van der Waals surface area contributed by atoms with Crippen molar-refractivity contribution in [3.8, 4) is 0 Å². The molecule has 1 aromatic heterocycles. The summed E-state index contributed by atoms with van der Waals surface area (Å²) in [6, 6.07) is 8.30. The molecular weight excluding hydrogens is 367 g/mol. The lowest BCUT2D eigenvalue weighted by molar-refractivity contribution is -0.137. The van der Waals surface area contributed by atoms with Gasteiger partial charge in [0.25, 0.3) is 0 Å². The van der Waals surface area contributed by atoms with Crippen molar-refractivity contribution in [2.24, 2.45) is 5.92 Å². The number of hydrogen-bond donors (Lipinski definition) is 1. The van der Waals surface area contributed by atoms with Gasteiger partial charge in [0.2, 0.25) is 5.91 Å². The Morgan fingerprint density at radius 3 is 2.79 bits per heavy atom. The molecule has 1 saturated heterocycles. The highest BCUT2D eigenvalue weighted by Gasteiger charge is 2.37. The lowest BCUT2D eigenvalue weighted by Gasteiger charge is -2.34. The van der Waals surface area contributed by atoms with Crippen LogP contribution in [-0.2, 0) is 23.8 Å². The first-order chi connectivity index (χ1) is 13.4. The average molecular weight is 389 g/mol. The summed E-state index contributed by atoms with van der Waals surface area (Å²) in [5, 5.41) is 2.95. The van der Waals surface area contributed by atoms with Gasteiger partial charge in [0.15, 0.2) is 0 Å². The second kappa shape index (κ2) is 7.45. The number of nitrogens with one attached hydrogen (secondary N) is 1. The van der Waals surface area contributed by atoms with E-state index in [1.165, 1.54) is 23.4 Å². The summed E-state index contributed by atoms with van der Waals surface area (Å²) in [6.07, 6.45) is 1.43. The first-order valence-electron chi connectivity index (χ1n) is 9.61. The largest absolute Gasteiger partial charge is 0.419 e. The first kappa shape index (κ1) is 18.8. The number of piperidine rings is 1. The summed E-state index contributed by atoms with van der Waals surface area (Å²) in [5.41, 5.74) is 2.61. The van der Waals surface area contributed by atoms with Crippen molar-refractivity contribution in [2.45, 2.75) is 38.3 Å². The van der Waals surface area contributed by atoms with E-state index in [0.717, 1.165) is 31.0 Å². The van der Waals surface area contributed by atoms with Crippen LogP contribution in [0.3, 0.4) is 0 Å². The molecule has 0 bridgehead atoms. The second-order valence-corrected chi connectivity index (χ2v) is 7.48. The number of aryl methyl sites for hydroxylation is 2. The average Bonchev–Trinajstić information content (AvgIpc) is 3.15. The van der Waals surface area contributed by atoms with Gasteiger partial charge in [-0.15, -0.1) is 0 Å². The highest BCUT2D eigenvalue weighted by Crippen LogP contribution is 2.36. The number of benzene rings is 1. The molecule has 0 saturated carbocycles. The van der Waals surface area contributed by atoms with Crippen LogP contribution in [-0.4, -0.2) is 24.0 Å². The van der Waals surface area contributed by atoms with Crippen LogP contribution in [0.1, 0.15) is 36.0 Å². The number of fused-ring (bicyclic) bond motifs is 1. The van der Waals surface area contributed by atoms with Crippen molar-refractivity contribution in [1.82, 2.24) is 4.98 Å². The van der Waals surface area contributed by atoms with Crippen LogP contribution in [0.4, 0.5) is 24.7 Å². The van der Waals surface area contributed by atoms with Gasteiger partial charge in [-0.25, -0.2) is 4.98 Å². The number of amides is 1. The monoisotopic (exact) mass is 389 g/mol. The van der Waals surface area contributed by atoms with Crippen LogP contribution in [0.25, 0.3) is 0 Å². The molecule has 1 N–H and O–H groups in total. The molecule has 0 radical (unpaired) electrons. The molecule has 2 aliphatic rings. The van der Waals surface area contributed by atoms with E-state index in [1.807, 2.05) is 12.1 Å². The molecule has 1 amide bonds. The molecule has 2 heterocycles. The molecule has 1 aliphatic heterocycles. The van der Waals surface area contributed by atoms with Crippen molar-refractivity contribution >= 4 is 17.4 Å². The fourth-order valence-corrected chi connectivity index (χ4v) is 4.15. The predicted molar refractivity (Wildman–Crippen MR) is 101 cm³/mol. The zero-order valence-corrected chi connectivity index (χ0v) is 15.4. The van der Waals surface area contributed by atoms with Gasteiger partial charge in [-0.3, -0.25) is 4.79 Å². The number of carbonyl (C=O) groups excluding carboxylic acids is 1. The van der Waals surface area contributed by atoms with Gasteiger partial charge in [-0.1, -0.05) is 6.07 Å². The van der Waals surface area contributed by atoms with Crippen molar-refractivity contribution in [1.29, 1.82) is 0 Å². The van der Waals surface area contributed by atoms with Crippen molar-refractivity contribution in [2.75, 3.05) is 23.3 Å². The van der Waals surface area contributed by atoms with E-state index in [4.69, 9.17) is 0 Å². The van der Waals surface area contributed by atoms with Gasteiger partial charge < -0.3 is 10.2 Å². The Balaban J connectivity index is 1.48. The summed E-state index contributed by atoms with van der Waals surface area (Å²) >= 11 is 0. The minimum Gasteiger partial charge on any atom is -0.355 e. The van der Waals surface area contributed by atoms with Gasteiger partial charge in [-0.2, -0.15) is 13.2 Å². The molecular formula is C21H22F3N3O. The van der Waals surface area contributed by atoms with Crippen LogP contribution in [0.15, 0.2) is 36.5 Å². The maximum absolute atomic E-state index is 13.3. The Kier molecular flexibility index (Phi) is 5.00. The van der Waals surface area contributed by atoms with Crippen LogP contribution in [0.5, 0.6) is 0 Å². The van der Waals surface area contributed by atoms with E-state index < -0.39 is 11.7 Å². The Bertz CT molecular complexity index is 881. The van der Waals surface area contributed by atoms with Gasteiger partial charge in [0.05, 0.1) is 11.5 Å². The summed E-state index contributed by atoms with van der Waals surface area (Å²) in [7, 11) is 0. The fourth-order valence-electron chi connectivity index (χ4n) is 4.15. The molecule has 7 heteroatoms. The molecule has 2 aromatic rings. The molecule has 1 fully saturated rings. The van der Waals surface area contributed by atoms with E-state index in [1.54, 1.807) is 4.90 Å². The van der Waals surface area contributed by atoms with E-state index >= 15 is 0 Å². The van der Waals surface area contributed by atoms with Gasteiger partial charge in [0.1, 0.15) is 5.82 Å². The maximum Gasteiger partial charge on any atom is 0.419 e. The highest BCUT2D eigenvalue weighted by molar-refractivity contribution is 5.93. The molecule has 4 rings (SSSR count). The first-order valence-corrected chi connectivity index (χ1v) is 9.61. The number of aromatic nitrogens is 1. The minimum absolute atomic E-state index is 0.0926. The standard InChI is InChI=1S/C21H22F3N3O/c22-21(23,24)18-7-2-10-25-19(18)27-11-3-6-16(13-27)20(28)26-17-9-8-14-4-1-5-15(14)12-17/h2,7-10,12,16H,1,3-6,11,13H2,(H,26,28)/t16-/m1/s1. The third-order valence-electron chi connectivity index (χ3n) is 5.55. The summed E-state index contributed by atoms with van der Waals surface area (Å²) in [4.78, 5) is 18.3. The second-order valence-electron chi connectivity index (χ2n) is 7.48. The maximum atomic E-state index is 13.3. The third kappa shape index (κ3) is 3.84. The molecule has 4 nitrogen and oxygen atoms in total. The molecule has 148 valence electrons. The van der Waals surface area contributed by atoms with Gasteiger partial charge in [-0.05, 0) is 67.5 Å². The lowest BCUT2D eigenvalue weighted by Crippen LogP contribution is -2.42. The topological polar surface area (TPSA) is 45.2 Å². The number of alkyl halides is 3. The number of carbonyl (C=O) groups is 1. The fraction of sp³-hybridized carbons (Fsp3) is 0.429. The van der Waals surface area contributed by atoms with Crippen molar-refractivity contribution < 1.29 is 18.0 Å². The van der Waals surface area contributed by atoms with E-state index in [9.17, 15) is 18.0 Å². The molecule has 1 aliphatic carbocycles. The van der Waals surface area contributed by atoms with Gasteiger partial charge in [0, 0.05) is 25.0 Å². The van der Waals surface area contributed by atoms with E-state index in [2.05, 4.69) is 16.4 Å². The Hall–Kier alpha value is -2.57. The smallest absolute Gasteiger partial charge is 0.355 e. The third-order valence-corrected chi connectivity index (χ3v) is 5.55. The van der Waals surface area contributed by atoms with Crippen molar-refractivity contribution in [3.05, 3.63) is 53.2 Å².